The van der Waals surface area contributed by atoms with Crippen LogP contribution >= 0.6 is 0 Å². The number of hydrogen-bond donors (Lipinski definition) is 4. The number of unbranched alkanes of at least 4 members (excludes halogenated alkanes) is 25. The summed E-state index contributed by atoms with van der Waals surface area (Å²) in [5, 5.41) is 40.1. The fourth-order valence-corrected chi connectivity index (χ4v) is 7.62. The van der Waals surface area contributed by atoms with Gasteiger partial charge in [0, 0.05) is 12.8 Å². The molecular formula is C51H92O10. The zero-order chi connectivity index (χ0) is 44.4. The third-order valence-electron chi connectivity index (χ3n) is 11.5. The molecule has 1 aliphatic heterocycles. The molecule has 0 radical (unpaired) electrons. The summed E-state index contributed by atoms with van der Waals surface area (Å²) in [6.07, 6.45) is 41.7. The third-order valence-corrected chi connectivity index (χ3v) is 11.5. The Bertz CT molecular complexity index is 1090. The van der Waals surface area contributed by atoms with Crippen molar-refractivity contribution in [2.75, 3.05) is 19.8 Å². The van der Waals surface area contributed by atoms with Gasteiger partial charge in [-0.1, -0.05) is 198 Å². The molecule has 1 fully saturated rings. The van der Waals surface area contributed by atoms with Crippen LogP contribution in [-0.4, -0.2) is 89.0 Å². The van der Waals surface area contributed by atoms with Crippen molar-refractivity contribution in [1.82, 2.24) is 0 Å². The zero-order valence-corrected chi connectivity index (χ0v) is 38.9. The molecule has 0 aromatic carbocycles. The predicted molar refractivity (Wildman–Crippen MR) is 247 cm³/mol. The topological polar surface area (TPSA) is 152 Å². The normalized spacial score (nSPS) is 20.0. The average molecular weight is 865 g/mol. The molecule has 6 atom stereocenters. The minimum atomic E-state index is -1.60. The Labute approximate surface area is 372 Å². The van der Waals surface area contributed by atoms with Crippen LogP contribution < -0.4 is 0 Å². The van der Waals surface area contributed by atoms with Crippen molar-refractivity contribution < 1.29 is 49.0 Å². The first-order valence-electron chi connectivity index (χ1n) is 25.1. The Kier molecular flexibility index (Phi) is 39.1. The van der Waals surface area contributed by atoms with E-state index in [9.17, 15) is 30.0 Å². The van der Waals surface area contributed by atoms with Crippen molar-refractivity contribution in [3.8, 4) is 0 Å². The Morgan fingerprint density at radius 2 is 0.967 bits per heavy atom. The molecular weight excluding hydrogens is 773 g/mol. The fourth-order valence-electron chi connectivity index (χ4n) is 7.62. The molecule has 10 nitrogen and oxygen atoms in total. The van der Waals surface area contributed by atoms with Crippen molar-refractivity contribution in [1.29, 1.82) is 0 Å². The molecule has 0 bridgehead atoms. The van der Waals surface area contributed by atoms with E-state index in [1.54, 1.807) is 0 Å². The second-order valence-corrected chi connectivity index (χ2v) is 17.2. The van der Waals surface area contributed by atoms with E-state index >= 15 is 0 Å². The molecule has 0 aliphatic carbocycles. The summed E-state index contributed by atoms with van der Waals surface area (Å²) in [5.74, 6) is -0.833. The van der Waals surface area contributed by atoms with Gasteiger partial charge in [0.05, 0.1) is 13.2 Å². The number of carbonyl (C=O) groups is 2. The average Bonchev–Trinajstić information content (AvgIpc) is 3.26. The molecule has 61 heavy (non-hydrogen) atoms. The second kappa shape index (κ2) is 41.9. The first-order valence-corrected chi connectivity index (χ1v) is 25.1. The van der Waals surface area contributed by atoms with Gasteiger partial charge in [-0.3, -0.25) is 9.59 Å². The maximum absolute atomic E-state index is 12.8. The van der Waals surface area contributed by atoms with Gasteiger partial charge in [0.15, 0.2) is 12.4 Å². The summed E-state index contributed by atoms with van der Waals surface area (Å²) in [6, 6.07) is 0. The summed E-state index contributed by atoms with van der Waals surface area (Å²) in [6.45, 7) is 3.30. The minimum absolute atomic E-state index is 0.196. The lowest BCUT2D eigenvalue weighted by Gasteiger charge is -2.39. The van der Waals surface area contributed by atoms with Crippen LogP contribution in [0.4, 0.5) is 0 Å². The molecule has 1 heterocycles. The predicted octanol–water partition coefficient (Wildman–Crippen LogP) is 11.4. The summed E-state index contributed by atoms with van der Waals surface area (Å²) >= 11 is 0. The summed E-state index contributed by atoms with van der Waals surface area (Å²) in [7, 11) is 0. The highest BCUT2D eigenvalue weighted by Crippen LogP contribution is 2.23. The van der Waals surface area contributed by atoms with Crippen LogP contribution in [0, 0.1) is 0 Å². The molecule has 6 unspecified atom stereocenters. The highest BCUT2D eigenvalue weighted by molar-refractivity contribution is 5.70. The van der Waals surface area contributed by atoms with E-state index in [0.717, 1.165) is 57.8 Å². The van der Waals surface area contributed by atoms with Gasteiger partial charge in [-0.15, -0.1) is 0 Å². The van der Waals surface area contributed by atoms with E-state index in [2.05, 4.69) is 50.3 Å². The van der Waals surface area contributed by atoms with Gasteiger partial charge in [0.1, 0.15) is 31.0 Å². The molecule has 0 aromatic heterocycles. The van der Waals surface area contributed by atoms with Gasteiger partial charge in [-0.2, -0.15) is 0 Å². The smallest absolute Gasteiger partial charge is 0.306 e. The van der Waals surface area contributed by atoms with Gasteiger partial charge < -0.3 is 39.4 Å². The van der Waals surface area contributed by atoms with E-state index in [1.165, 1.54) is 128 Å². The largest absolute Gasteiger partial charge is 0.462 e. The number of aliphatic hydroxyl groups excluding tert-OH is 4. The van der Waals surface area contributed by atoms with Crippen LogP contribution in [0.5, 0.6) is 0 Å². The minimum Gasteiger partial charge on any atom is -0.462 e. The first kappa shape index (κ1) is 56.9. The van der Waals surface area contributed by atoms with E-state index in [0.29, 0.717) is 6.42 Å². The highest BCUT2D eigenvalue weighted by atomic mass is 16.7. The van der Waals surface area contributed by atoms with Gasteiger partial charge in [0.2, 0.25) is 0 Å². The highest BCUT2D eigenvalue weighted by Gasteiger charge is 2.44. The van der Waals surface area contributed by atoms with Crippen LogP contribution in [0.3, 0.4) is 0 Å². The number of aliphatic hydroxyl groups is 4. The van der Waals surface area contributed by atoms with Gasteiger partial charge >= 0.3 is 11.9 Å². The second-order valence-electron chi connectivity index (χ2n) is 17.2. The van der Waals surface area contributed by atoms with Crippen LogP contribution in [0.1, 0.15) is 219 Å². The van der Waals surface area contributed by atoms with E-state index in [4.69, 9.17) is 18.9 Å². The third kappa shape index (κ3) is 33.1. The molecule has 1 aliphatic rings. The number of hydrogen-bond acceptors (Lipinski definition) is 10. The van der Waals surface area contributed by atoms with Crippen molar-refractivity contribution in [3.05, 3.63) is 36.5 Å². The van der Waals surface area contributed by atoms with Crippen molar-refractivity contribution in [3.63, 3.8) is 0 Å². The Hall–Kier alpha value is -2.08. The molecule has 0 amide bonds. The maximum atomic E-state index is 12.8. The van der Waals surface area contributed by atoms with Crippen molar-refractivity contribution >= 4 is 11.9 Å². The molecule has 0 aromatic rings. The zero-order valence-electron chi connectivity index (χ0n) is 38.9. The van der Waals surface area contributed by atoms with Crippen LogP contribution in [0.15, 0.2) is 36.5 Å². The Morgan fingerprint density at radius 3 is 1.46 bits per heavy atom. The first-order chi connectivity index (χ1) is 29.8. The lowest BCUT2D eigenvalue weighted by Crippen LogP contribution is -2.59. The monoisotopic (exact) mass is 865 g/mol. The summed E-state index contributed by atoms with van der Waals surface area (Å²) in [5.41, 5.74) is 0. The van der Waals surface area contributed by atoms with Crippen LogP contribution in [0.2, 0.25) is 0 Å². The van der Waals surface area contributed by atoms with E-state index in [-0.39, 0.29) is 32.0 Å². The van der Waals surface area contributed by atoms with E-state index in [1.807, 2.05) is 0 Å². The fraction of sp³-hybridized carbons (Fsp3) is 0.843. The van der Waals surface area contributed by atoms with Gasteiger partial charge in [0.25, 0.3) is 0 Å². The van der Waals surface area contributed by atoms with Crippen molar-refractivity contribution in [2.45, 2.75) is 256 Å². The molecule has 356 valence electrons. The standard InChI is InChI=1S/C51H92O10/c1-3-5-7-9-11-13-15-17-18-19-20-21-22-23-24-25-26-28-29-31-33-35-37-39-46(53)58-42-44(43-59-51-50(57)49(56)48(55)45(41-52)61-51)60-47(54)40-38-36-34-32-30-27-16-14-12-10-8-6-4-2/h6,8,12,14,27,30,44-45,48-52,55-57H,3-5,7,9-11,13,15-26,28-29,31-43H2,1-2H3/b8-6-,14-12-,30-27-. The lowest BCUT2D eigenvalue weighted by atomic mass is 9.99. The Balaban J connectivity index is 2.22. The number of ether oxygens (including phenoxy) is 4. The van der Waals surface area contributed by atoms with E-state index < -0.39 is 49.4 Å². The van der Waals surface area contributed by atoms with Crippen LogP contribution in [-0.2, 0) is 28.5 Å². The lowest BCUT2D eigenvalue weighted by molar-refractivity contribution is -0.305. The molecule has 10 heteroatoms. The maximum Gasteiger partial charge on any atom is 0.306 e. The molecule has 4 N–H and O–H groups in total. The molecule has 0 saturated carbocycles. The molecule has 0 spiro atoms. The Morgan fingerprint density at radius 1 is 0.525 bits per heavy atom. The number of allylic oxidation sites excluding steroid dienone is 6. The molecule has 1 saturated heterocycles. The van der Waals surface area contributed by atoms with Crippen LogP contribution in [0.25, 0.3) is 0 Å². The summed E-state index contributed by atoms with van der Waals surface area (Å²) in [4.78, 5) is 25.4. The number of rotatable bonds is 42. The summed E-state index contributed by atoms with van der Waals surface area (Å²) < 4.78 is 22.2. The quantitative estimate of drug-likeness (QED) is 0.0265. The molecule has 1 rings (SSSR count). The number of esters is 2. The SMILES string of the molecule is CC/C=C\C/C=C\C/C=C\CCCCCC(=O)OC(COC(=O)CCCCCCCCCCCCCCCCCCCCCCCCC)COC1OC(CO)C(O)C(O)C1O. The number of carbonyl (C=O) groups excluding carboxylic acids is 2. The van der Waals surface area contributed by atoms with Gasteiger partial charge in [-0.25, -0.2) is 0 Å². The van der Waals surface area contributed by atoms with Gasteiger partial charge in [-0.05, 0) is 44.9 Å². The van der Waals surface area contributed by atoms with Crippen molar-refractivity contribution in [2.24, 2.45) is 0 Å².